The normalized spacial score (nSPS) is 17.4. The van der Waals surface area contributed by atoms with Crippen LogP contribution in [0.5, 0.6) is 0 Å². The monoisotopic (exact) mass is 476 g/mol. The third kappa shape index (κ3) is 4.54. The molecule has 4 rings (SSSR count). The van der Waals surface area contributed by atoms with E-state index in [4.69, 9.17) is 4.74 Å². The third-order valence-electron chi connectivity index (χ3n) is 5.52. The van der Waals surface area contributed by atoms with Gasteiger partial charge in [-0.3, -0.25) is 0 Å². The van der Waals surface area contributed by atoms with Gasteiger partial charge in [0.25, 0.3) is 0 Å². The summed E-state index contributed by atoms with van der Waals surface area (Å²) in [7, 11) is -2.00. The molecule has 0 spiro atoms. The van der Waals surface area contributed by atoms with Gasteiger partial charge in [0.1, 0.15) is 10.8 Å². The van der Waals surface area contributed by atoms with E-state index in [1.54, 1.807) is 28.8 Å². The lowest BCUT2D eigenvalue weighted by molar-refractivity contribution is 0.0600. The summed E-state index contributed by atoms with van der Waals surface area (Å²) in [4.78, 5) is 24.9. The Bertz CT molecular complexity index is 1260. The van der Waals surface area contributed by atoms with Crippen molar-refractivity contribution in [2.75, 3.05) is 26.5 Å². The van der Waals surface area contributed by atoms with E-state index in [1.165, 1.54) is 33.7 Å². The van der Waals surface area contributed by atoms with E-state index in [2.05, 4.69) is 5.10 Å². The minimum absolute atomic E-state index is 0.184. The summed E-state index contributed by atoms with van der Waals surface area (Å²) in [5.41, 5.74) is 0.955. The molecular weight excluding hydrogens is 452 g/mol. The van der Waals surface area contributed by atoms with E-state index in [-0.39, 0.29) is 18.2 Å². The van der Waals surface area contributed by atoms with Crippen LogP contribution in [0.3, 0.4) is 0 Å². The Kier molecular flexibility index (Phi) is 6.31. The molecule has 0 amide bonds. The second-order valence-electron chi connectivity index (χ2n) is 7.73. The Morgan fingerprint density at radius 3 is 2.62 bits per heavy atom. The number of ether oxygens (including phenoxy) is 1. The number of esters is 1. The Morgan fingerprint density at radius 1 is 1.25 bits per heavy atom. The number of hydrogen-bond acceptors (Lipinski definition) is 7. The summed E-state index contributed by atoms with van der Waals surface area (Å²) in [6.07, 6.45) is 2.66. The van der Waals surface area contributed by atoms with E-state index >= 15 is 0 Å². The second kappa shape index (κ2) is 9.00. The molecule has 0 aliphatic carbocycles. The van der Waals surface area contributed by atoms with Gasteiger partial charge in [-0.25, -0.2) is 31.6 Å². The van der Waals surface area contributed by atoms with Crippen LogP contribution in [0.4, 0.5) is 0 Å². The maximum absolute atomic E-state index is 13.3. The fourth-order valence-electron chi connectivity index (χ4n) is 3.89. The average Bonchev–Trinajstić information content (AvgIpc) is 3.41. The molecule has 1 aromatic carbocycles. The zero-order chi connectivity index (χ0) is 22.9. The number of carbonyl (C=O) groups excluding carboxylic acids is 1. The number of aromatic nitrogens is 3. The molecule has 1 aliphatic heterocycles. The number of methoxy groups -OCH3 is 1. The highest BCUT2D eigenvalue weighted by Crippen LogP contribution is 2.28. The van der Waals surface area contributed by atoms with Crippen LogP contribution in [0.25, 0.3) is 5.00 Å². The van der Waals surface area contributed by atoms with Crippen molar-refractivity contribution >= 4 is 27.3 Å². The molecule has 11 heteroatoms. The second-order valence-corrected chi connectivity index (χ2v) is 10.6. The lowest BCUT2D eigenvalue weighted by Gasteiger charge is -2.30. The molecule has 0 N–H and O–H groups in total. The van der Waals surface area contributed by atoms with Crippen LogP contribution < -0.4 is 5.69 Å². The molecule has 3 heterocycles. The lowest BCUT2D eigenvalue weighted by Crippen LogP contribution is -2.39. The minimum atomic E-state index is -3.32. The quantitative estimate of drug-likeness (QED) is 0.505. The van der Waals surface area contributed by atoms with E-state index < -0.39 is 16.0 Å². The van der Waals surface area contributed by atoms with Crippen LogP contribution in [0.1, 0.15) is 40.5 Å². The molecule has 32 heavy (non-hydrogen) atoms. The van der Waals surface area contributed by atoms with Crippen LogP contribution in [-0.4, -0.2) is 59.5 Å². The van der Waals surface area contributed by atoms with Crippen LogP contribution in [0.2, 0.25) is 0 Å². The smallest absolute Gasteiger partial charge is 0.351 e. The Balaban J connectivity index is 1.69. The van der Waals surface area contributed by atoms with Gasteiger partial charge in [0.15, 0.2) is 0 Å². The Morgan fingerprint density at radius 2 is 2.00 bits per heavy atom. The highest BCUT2D eigenvalue weighted by Gasteiger charge is 2.31. The molecule has 0 saturated carbocycles. The molecule has 1 unspecified atom stereocenters. The SMILES string of the molecule is COC(=O)c1ccc(Cn2nc(C3CCCN(S(C)(=O)=O)C3)n(-c3cccs3)c2=O)cc1. The van der Waals surface area contributed by atoms with Crippen molar-refractivity contribution in [3.63, 3.8) is 0 Å². The highest BCUT2D eigenvalue weighted by molar-refractivity contribution is 7.88. The summed E-state index contributed by atoms with van der Waals surface area (Å²) < 4.78 is 33.3. The van der Waals surface area contributed by atoms with Gasteiger partial charge in [-0.1, -0.05) is 12.1 Å². The summed E-state index contributed by atoms with van der Waals surface area (Å²) in [5, 5.41) is 7.27. The molecule has 2 aromatic heterocycles. The van der Waals surface area contributed by atoms with Gasteiger partial charge >= 0.3 is 11.7 Å². The van der Waals surface area contributed by atoms with E-state index in [9.17, 15) is 18.0 Å². The summed E-state index contributed by atoms with van der Waals surface area (Å²) >= 11 is 1.43. The topological polar surface area (TPSA) is 104 Å². The highest BCUT2D eigenvalue weighted by atomic mass is 32.2. The average molecular weight is 477 g/mol. The standard InChI is InChI=1S/C21H24N4O5S2/c1-30-20(26)16-9-7-15(8-10-16)13-24-21(27)25(18-6-4-12-31-18)19(22-24)17-5-3-11-23(14-17)32(2,28)29/h4,6-10,12,17H,3,5,11,13-14H2,1-2H3. The van der Waals surface area contributed by atoms with Crippen molar-refractivity contribution < 1.29 is 17.9 Å². The van der Waals surface area contributed by atoms with Gasteiger partial charge in [-0.15, -0.1) is 11.3 Å². The molecule has 9 nitrogen and oxygen atoms in total. The summed E-state index contributed by atoms with van der Waals surface area (Å²) in [6, 6.07) is 10.5. The van der Waals surface area contributed by atoms with Crippen molar-refractivity contribution in [2.24, 2.45) is 0 Å². The first-order valence-corrected chi connectivity index (χ1v) is 12.9. The first kappa shape index (κ1) is 22.4. The zero-order valence-electron chi connectivity index (χ0n) is 17.8. The number of rotatable bonds is 6. The van der Waals surface area contributed by atoms with Crippen molar-refractivity contribution in [3.05, 3.63) is 69.2 Å². The van der Waals surface area contributed by atoms with E-state index in [0.29, 0.717) is 30.9 Å². The number of piperidine rings is 1. The van der Waals surface area contributed by atoms with Crippen molar-refractivity contribution in [2.45, 2.75) is 25.3 Å². The first-order valence-electron chi connectivity index (χ1n) is 10.1. The van der Waals surface area contributed by atoms with Crippen molar-refractivity contribution in [3.8, 4) is 5.00 Å². The van der Waals surface area contributed by atoms with E-state index in [0.717, 1.165) is 17.0 Å². The van der Waals surface area contributed by atoms with Crippen LogP contribution in [0, 0.1) is 0 Å². The predicted octanol–water partition coefficient (Wildman–Crippen LogP) is 2.07. The van der Waals surface area contributed by atoms with Crippen LogP contribution in [-0.2, 0) is 21.3 Å². The summed E-state index contributed by atoms with van der Waals surface area (Å²) in [5.74, 6) is -0.0427. The molecule has 1 aliphatic rings. The molecule has 0 radical (unpaired) electrons. The van der Waals surface area contributed by atoms with Crippen molar-refractivity contribution in [1.29, 1.82) is 0 Å². The fraction of sp³-hybridized carbons (Fsp3) is 0.381. The minimum Gasteiger partial charge on any atom is -0.465 e. The molecule has 3 aromatic rings. The van der Waals surface area contributed by atoms with Crippen LogP contribution >= 0.6 is 11.3 Å². The molecule has 1 atom stereocenters. The molecular formula is C21H24N4O5S2. The Hall–Kier alpha value is -2.76. The predicted molar refractivity (Wildman–Crippen MR) is 121 cm³/mol. The number of benzene rings is 1. The van der Waals surface area contributed by atoms with Gasteiger partial charge in [-0.2, -0.15) is 5.10 Å². The number of hydrogen-bond donors (Lipinski definition) is 0. The number of nitrogens with zero attached hydrogens (tertiary/aromatic N) is 4. The lowest BCUT2D eigenvalue weighted by atomic mass is 9.99. The largest absolute Gasteiger partial charge is 0.465 e. The fourth-order valence-corrected chi connectivity index (χ4v) is 5.53. The summed E-state index contributed by atoms with van der Waals surface area (Å²) in [6.45, 7) is 1.01. The number of thiophene rings is 1. The number of sulfonamides is 1. The van der Waals surface area contributed by atoms with Crippen LogP contribution in [0.15, 0.2) is 46.6 Å². The van der Waals surface area contributed by atoms with Gasteiger partial charge in [0.2, 0.25) is 10.0 Å². The van der Waals surface area contributed by atoms with E-state index in [1.807, 2.05) is 17.5 Å². The van der Waals surface area contributed by atoms with Gasteiger partial charge in [-0.05, 0) is 48.1 Å². The third-order valence-corrected chi connectivity index (χ3v) is 7.64. The van der Waals surface area contributed by atoms with Gasteiger partial charge in [0.05, 0.1) is 25.5 Å². The molecule has 0 bridgehead atoms. The Labute approximate surface area is 189 Å². The van der Waals surface area contributed by atoms with Gasteiger partial charge in [0, 0.05) is 19.0 Å². The molecule has 1 fully saturated rings. The maximum atomic E-state index is 13.3. The van der Waals surface area contributed by atoms with Gasteiger partial charge < -0.3 is 4.74 Å². The molecule has 170 valence electrons. The van der Waals surface area contributed by atoms with Crippen molar-refractivity contribution in [1.82, 2.24) is 18.7 Å². The zero-order valence-corrected chi connectivity index (χ0v) is 19.4. The first-order chi connectivity index (χ1) is 15.3. The molecule has 1 saturated heterocycles. The number of carbonyl (C=O) groups is 1. The maximum Gasteiger partial charge on any atom is 0.351 e.